The number of imide groups is 1. The second-order valence-electron chi connectivity index (χ2n) is 6.01. The molecule has 1 saturated heterocycles. The van der Waals surface area contributed by atoms with E-state index in [2.05, 4.69) is 5.32 Å². The molecule has 0 spiro atoms. The quantitative estimate of drug-likeness (QED) is 0.413. The third-order valence-electron chi connectivity index (χ3n) is 4.00. The number of amides is 4. The lowest BCUT2D eigenvalue weighted by Crippen LogP contribution is -2.52. The zero-order valence-corrected chi connectivity index (χ0v) is 13.5. The maximum absolute atomic E-state index is 13.6. The first kappa shape index (κ1) is 17.9. The number of nitrogens with one attached hydrogen (secondary N) is 2. The number of hydrogen-bond acceptors (Lipinski definition) is 4. The van der Waals surface area contributed by atoms with E-state index < -0.39 is 29.9 Å². The van der Waals surface area contributed by atoms with E-state index in [9.17, 15) is 18.8 Å². The average molecular weight is 337 g/mol. The highest BCUT2D eigenvalue weighted by molar-refractivity contribution is 6.07. The van der Waals surface area contributed by atoms with Gasteiger partial charge in [0.05, 0.1) is 0 Å². The van der Waals surface area contributed by atoms with Crippen LogP contribution in [0.5, 0.6) is 0 Å². The van der Waals surface area contributed by atoms with Gasteiger partial charge in [-0.25, -0.2) is 19.6 Å². The number of hydroxylamine groups is 1. The molecule has 130 valence electrons. The van der Waals surface area contributed by atoms with Gasteiger partial charge in [0.2, 0.25) is 0 Å². The van der Waals surface area contributed by atoms with E-state index in [1.807, 2.05) is 0 Å². The standard InChI is InChI=1S/C16H20FN3O4/c1-9(2)13(14(21)19-24)20-15(22)12(18-16(20)23)8-7-10-5-3-4-6-11(10)17/h3-6,9,12-13,24H,7-8H2,1-2H3,(H,18,23)(H,19,21). The number of rotatable bonds is 6. The van der Waals surface area contributed by atoms with E-state index in [1.54, 1.807) is 32.0 Å². The number of hydrogen-bond donors (Lipinski definition) is 3. The summed E-state index contributed by atoms with van der Waals surface area (Å²) in [6.07, 6.45) is 0.489. The van der Waals surface area contributed by atoms with Crippen molar-refractivity contribution < 1.29 is 24.0 Å². The molecule has 8 heteroatoms. The predicted molar refractivity (Wildman–Crippen MR) is 82.4 cm³/mol. The minimum Gasteiger partial charge on any atom is -0.326 e. The summed E-state index contributed by atoms with van der Waals surface area (Å²) in [5, 5.41) is 11.3. The van der Waals surface area contributed by atoms with Crippen LogP contribution in [-0.2, 0) is 16.0 Å². The van der Waals surface area contributed by atoms with Crippen LogP contribution < -0.4 is 10.8 Å². The Labute approximate surface area is 138 Å². The van der Waals surface area contributed by atoms with Crippen molar-refractivity contribution in [3.05, 3.63) is 35.6 Å². The highest BCUT2D eigenvalue weighted by atomic mass is 19.1. The van der Waals surface area contributed by atoms with E-state index in [0.717, 1.165) is 4.90 Å². The Kier molecular flexibility index (Phi) is 5.50. The van der Waals surface area contributed by atoms with Crippen LogP contribution in [-0.4, -0.2) is 40.0 Å². The molecule has 0 saturated carbocycles. The number of benzene rings is 1. The molecule has 0 aromatic heterocycles. The highest BCUT2D eigenvalue weighted by Gasteiger charge is 2.45. The smallest absolute Gasteiger partial charge is 0.325 e. The molecule has 1 aromatic rings. The zero-order valence-electron chi connectivity index (χ0n) is 13.5. The van der Waals surface area contributed by atoms with Crippen LogP contribution in [0.15, 0.2) is 24.3 Å². The van der Waals surface area contributed by atoms with Gasteiger partial charge < -0.3 is 5.32 Å². The fraction of sp³-hybridized carbons (Fsp3) is 0.438. The second kappa shape index (κ2) is 7.39. The molecule has 1 heterocycles. The van der Waals surface area contributed by atoms with Gasteiger partial charge in [0.15, 0.2) is 0 Å². The van der Waals surface area contributed by atoms with Crippen molar-refractivity contribution in [1.82, 2.24) is 15.7 Å². The van der Waals surface area contributed by atoms with Gasteiger partial charge in [-0.2, -0.15) is 0 Å². The minimum absolute atomic E-state index is 0.216. The first-order chi connectivity index (χ1) is 11.4. The summed E-state index contributed by atoms with van der Waals surface area (Å²) >= 11 is 0. The number of aryl methyl sites for hydroxylation is 1. The summed E-state index contributed by atoms with van der Waals surface area (Å²) in [5.41, 5.74) is 1.93. The summed E-state index contributed by atoms with van der Waals surface area (Å²) < 4.78 is 13.6. The Morgan fingerprint density at radius 3 is 2.62 bits per heavy atom. The first-order valence-electron chi connectivity index (χ1n) is 7.67. The molecule has 2 unspecified atom stereocenters. The van der Waals surface area contributed by atoms with Gasteiger partial charge in [-0.05, 0) is 30.4 Å². The van der Waals surface area contributed by atoms with Crippen LogP contribution in [0.3, 0.4) is 0 Å². The molecule has 2 rings (SSSR count). The van der Waals surface area contributed by atoms with Gasteiger partial charge in [-0.15, -0.1) is 0 Å². The zero-order chi connectivity index (χ0) is 17.9. The largest absolute Gasteiger partial charge is 0.326 e. The Balaban J connectivity index is 2.10. The molecule has 1 aromatic carbocycles. The van der Waals surface area contributed by atoms with Crippen molar-refractivity contribution in [2.45, 2.75) is 38.8 Å². The minimum atomic E-state index is -1.11. The Bertz CT molecular complexity index is 650. The molecule has 3 N–H and O–H groups in total. The van der Waals surface area contributed by atoms with Gasteiger partial charge in [-0.3, -0.25) is 14.8 Å². The molecule has 4 amide bonds. The molecule has 1 fully saturated rings. The van der Waals surface area contributed by atoms with Crippen LogP contribution in [0, 0.1) is 11.7 Å². The fourth-order valence-corrected chi connectivity index (χ4v) is 2.79. The van der Waals surface area contributed by atoms with Crippen molar-refractivity contribution in [3.8, 4) is 0 Å². The van der Waals surface area contributed by atoms with Crippen molar-refractivity contribution in [2.24, 2.45) is 5.92 Å². The Morgan fingerprint density at radius 1 is 1.38 bits per heavy atom. The van der Waals surface area contributed by atoms with Crippen LogP contribution in [0.1, 0.15) is 25.8 Å². The summed E-state index contributed by atoms with van der Waals surface area (Å²) in [7, 11) is 0. The molecule has 0 bridgehead atoms. The van der Waals surface area contributed by atoms with E-state index in [4.69, 9.17) is 5.21 Å². The lowest BCUT2D eigenvalue weighted by Gasteiger charge is -2.26. The summed E-state index contributed by atoms with van der Waals surface area (Å²) in [5.74, 6) is -2.13. The Hall–Kier alpha value is -2.48. The van der Waals surface area contributed by atoms with E-state index in [1.165, 1.54) is 11.5 Å². The molecule has 0 radical (unpaired) electrons. The van der Waals surface area contributed by atoms with Crippen LogP contribution in [0.2, 0.25) is 0 Å². The lowest BCUT2D eigenvalue weighted by molar-refractivity contribution is -0.142. The lowest BCUT2D eigenvalue weighted by atomic mass is 10.0. The summed E-state index contributed by atoms with van der Waals surface area (Å²) in [4.78, 5) is 37.2. The normalized spacial score (nSPS) is 18.7. The van der Waals surface area contributed by atoms with E-state index >= 15 is 0 Å². The molecule has 0 aliphatic carbocycles. The third-order valence-corrected chi connectivity index (χ3v) is 4.00. The molecule has 24 heavy (non-hydrogen) atoms. The second-order valence-corrected chi connectivity index (χ2v) is 6.01. The maximum atomic E-state index is 13.6. The number of nitrogens with zero attached hydrogens (tertiary/aromatic N) is 1. The molecule has 1 aliphatic heterocycles. The van der Waals surface area contributed by atoms with Crippen molar-refractivity contribution >= 4 is 17.8 Å². The number of halogens is 1. The first-order valence-corrected chi connectivity index (χ1v) is 7.67. The average Bonchev–Trinajstić information content (AvgIpc) is 2.81. The Morgan fingerprint density at radius 2 is 2.04 bits per heavy atom. The molecule has 1 aliphatic rings. The van der Waals surface area contributed by atoms with Crippen molar-refractivity contribution in [2.75, 3.05) is 0 Å². The van der Waals surface area contributed by atoms with Gasteiger partial charge in [0, 0.05) is 0 Å². The topological polar surface area (TPSA) is 98.7 Å². The maximum Gasteiger partial charge on any atom is 0.325 e. The van der Waals surface area contributed by atoms with Crippen molar-refractivity contribution in [3.63, 3.8) is 0 Å². The van der Waals surface area contributed by atoms with Crippen LogP contribution in [0.4, 0.5) is 9.18 Å². The van der Waals surface area contributed by atoms with Crippen LogP contribution >= 0.6 is 0 Å². The van der Waals surface area contributed by atoms with E-state index in [-0.39, 0.29) is 24.6 Å². The summed E-state index contributed by atoms with van der Waals surface area (Å²) in [6.45, 7) is 3.32. The summed E-state index contributed by atoms with van der Waals surface area (Å²) in [6, 6.07) is 3.58. The molecule has 2 atom stereocenters. The number of carbonyl (C=O) groups excluding carboxylic acids is 3. The van der Waals surface area contributed by atoms with Crippen LogP contribution in [0.25, 0.3) is 0 Å². The van der Waals surface area contributed by atoms with Gasteiger partial charge in [0.1, 0.15) is 17.9 Å². The molecular formula is C16H20FN3O4. The van der Waals surface area contributed by atoms with E-state index in [0.29, 0.717) is 5.56 Å². The fourth-order valence-electron chi connectivity index (χ4n) is 2.79. The molecule has 7 nitrogen and oxygen atoms in total. The number of urea groups is 1. The van der Waals surface area contributed by atoms with Gasteiger partial charge in [-0.1, -0.05) is 32.0 Å². The SMILES string of the molecule is CC(C)C(C(=O)NO)N1C(=O)NC(CCc2ccccc2F)C1=O. The molecular weight excluding hydrogens is 317 g/mol. The monoisotopic (exact) mass is 337 g/mol. The highest BCUT2D eigenvalue weighted by Crippen LogP contribution is 2.20. The van der Waals surface area contributed by atoms with Gasteiger partial charge >= 0.3 is 6.03 Å². The third kappa shape index (κ3) is 3.53. The predicted octanol–water partition coefficient (Wildman–Crippen LogP) is 1.21. The van der Waals surface area contributed by atoms with Gasteiger partial charge in [0.25, 0.3) is 11.8 Å². The number of carbonyl (C=O) groups is 3. The van der Waals surface area contributed by atoms with Crippen molar-refractivity contribution in [1.29, 1.82) is 0 Å².